The van der Waals surface area contributed by atoms with Gasteiger partial charge in [0, 0.05) is 44.3 Å². The van der Waals surface area contributed by atoms with E-state index in [0.717, 1.165) is 11.6 Å². The molecule has 0 radical (unpaired) electrons. The number of carbonyl (C=O) groups excluding carboxylic acids is 3. The summed E-state index contributed by atoms with van der Waals surface area (Å²) in [6, 6.07) is 0. The number of aliphatic hydroxyl groups excluding tert-OH is 1. The predicted molar refractivity (Wildman–Crippen MR) is 138 cm³/mol. The number of rotatable bonds is 16. The second-order valence-corrected chi connectivity index (χ2v) is 9.89. The maximum Gasteiger partial charge on any atom is 0.327 e. The molecule has 0 aromatic carbocycles. The standard InChI is InChI=1S/C28H43NO7/c1-18(15-19(2)28(35)24(36-5)13-8-6-7-9-14-27(33)34)20(3)21(4)23(30)12-10-11-22-16-25(31)29-26(32)17-22/h8-9,13-15,19-22,24,28,35H,6-7,10-12,16-17H2,1-5H3,(H,33,34)(H,29,31,32)/b13-8+,14-9+,18-15+. The number of allylic oxidation sites excluding steroid dienone is 3. The van der Waals surface area contributed by atoms with Crippen LogP contribution in [0.4, 0.5) is 0 Å². The molecule has 0 aliphatic carbocycles. The summed E-state index contributed by atoms with van der Waals surface area (Å²) in [5.41, 5.74) is 1.02. The van der Waals surface area contributed by atoms with E-state index in [2.05, 4.69) is 5.32 Å². The lowest BCUT2D eigenvalue weighted by atomic mass is 9.82. The van der Waals surface area contributed by atoms with Gasteiger partial charge in [0.15, 0.2) is 0 Å². The molecule has 0 saturated carbocycles. The number of carboxylic acids is 1. The fourth-order valence-electron chi connectivity index (χ4n) is 4.43. The Labute approximate surface area is 214 Å². The molecular weight excluding hydrogens is 462 g/mol. The van der Waals surface area contributed by atoms with Gasteiger partial charge in [-0.25, -0.2) is 4.79 Å². The van der Waals surface area contributed by atoms with Crippen molar-refractivity contribution < 1.29 is 34.1 Å². The zero-order valence-corrected chi connectivity index (χ0v) is 22.2. The van der Waals surface area contributed by atoms with E-state index in [1.807, 2.05) is 39.8 Å². The lowest BCUT2D eigenvalue weighted by molar-refractivity contribution is -0.135. The number of aliphatic hydroxyl groups is 1. The lowest BCUT2D eigenvalue weighted by Gasteiger charge is -2.25. The number of hydrogen-bond acceptors (Lipinski definition) is 6. The molecule has 1 aliphatic heterocycles. The van der Waals surface area contributed by atoms with Gasteiger partial charge in [0.2, 0.25) is 11.8 Å². The van der Waals surface area contributed by atoms with Gasteiger partial charge in [-0.05, 0) is 44.4 Å². The van der Waals surface area contributed by atoms with E-state index < -0.39 is 18.2 Å². The van der Waals surface area contributed by atoms with Crippen molar-refractivity contribution in [3.05, 3.63) is 36.0 Å². The van der Waals surface area contributed by atoms with Gasteiger partial charge in [0.05, 0.1) is 6.10 Å². The summed E-state index contributed by atoms with van der Waals surface area (Å²) >= 11 is 0. The van der Waals surface area contributed by atoms with E-state index in [1.54, 1.807) is 12.2 Å². The number of piperidine rings is 1. The molecule has 0 spiro atoms. The Balaban J connectivity index is 2.57. The Morgan fingerprint density at radius 3 is 2.28 bits per heavy atom. The number of hydrogen-bond donors (Lipinski definition) is 3. The van der Waals surface area contributed by atoms with Gasteiger partial charge in [-0.2, -0.15) is 0 Å². The van der Waals surface area contributed by atoms with E-state index >= 15 is 0 Å². The van der Waals surface area contributed by atoms with E-state index in [4.69, 9.17) is 9.84 Å². The molecule has 8 heteroatoms. The first-order valence-electron chi connectivity index (χ1n) is 12.8. The Morgan fingerprint density at radius 1 is 1.08 bits per heavy atom. The van der Waals surface area contributed by atoms with Crippen LogP contribution in [0, 0.1) is 23.7 Å². The molecule has 1 fully saturated rings. The third-order valence-corrected chi connectivity index (χ3v) is 7.00. The molecule has 202 valence electrons. The summed E-state index contributed by atoms with van der Waals surface area (Å²) in [6.07, 6.45) is 10.7. The van der Waals surface area contributed by atoms with Crippen LogP contribution in [0.3, 0.4) is 0 Å². The Morgan fingerprint density at radius 2 is 1.69 bits per heavy atom. The van der Waals surface area contributed by atoms with Crippen LogP contribution >= 0.6 is 0 Å². The SMILES string of the molecule is COC(/C=C/CC/C=C/C(=O)O)C(O)C(C)/C=C(\C)C(C)C(C)C(=O)CCCC1CC(=O)NC(=O)C1. The molecule has 1 aliphatic rings. The van der Waals surface area contributed by atoms with Crippen molar-refractivity contribution >= 4 is 23.6 Å². The zero-order chi connectivity index (χ0) is 27.3. The molecule has 8 nitrogen and oxygen atoms in total. The predicted octanol–water partition coefficient (Wildman–Crippen LogP) is 3.99. The molecule has 5 atom stereocenters. The third kappa shape index (κ3) is 11.4. The molecule has 1 rings (SSSR count). The molecule has 5 unspecified atom stereocenters. The first-order chi connectivity index (χ1) is 17.0. The van der Waals surface area contributed by atoms with E-state index in [-0.39, 0.29) is 41.3 Å². The minimum absolute atomic E-state index is 0.00625. The number of ketones is 1. The first-order valence-corrected chi connectivity index (χ1v) is 12.8. The van der Waals surface area contributed by atoms with Crippen molar-refractivity contribution in [3.8, 4) is 0 Å². The number of unbranched alkanes of at least 4 members (excludes halogenated alkanes) is 1. The number of methoxy groups -OCH3 is 1. The Hall–Kier alpha value is -2.58. The van der Waals surface area contributed by atoms with Gasteiger partial charge in [-0.15, -0.1) is 0 Å². The molecule has 0 aromatic rings. The van der Waals surface area contributed by atoms with Crippen LogP contribution in [0.1, 0.15) is 72.6 Å². The largest absolute Gasteiger partial charge is 0.478 e. The quantitative estimate of drug-likeness (QED) is 0.125. The average Bonchev–Trinajstić information content (AvgIpc) is 2.81. The van der Waals surface area contributed by atoms with Gasteiger partial charge < -0.3 is 14.9 Å². The highest BCUT2D eigenvalue weighted by Crippen LogP contribution is 2.27. The van der Waals surface area contributed by atoms with Crippen LogP contribution in [-0.2, 0) is 23.9 Å². The van der Waals surface area contributed by atoms with Crippen molar-refractivity contribution in [2.45, 2.75) is 84.8 Å². The van der Waals surface area contributed by atoms with Gasteiger partial charge in [0.1, 0.15) is 11.9 Å². The van der Waals surface area contributed by atoms with Crippen LogP contribution in [0.5, 0.6) is 0 Å². The topological polar surface area (TPSA) is 130 Å². The summed E-state index contributed by atoms with van der Waals surface area (Å²) < 4.78 is 5.43. The number of aliphatic carboxylic acids is 1. The summed E-state index contributed by atoms with van der Waals surface area (Å²) in [6.45, 7) is 7.80. The molecule has 1 heterocycles. The van der Waals surface area contributed by atoms with Crippen LogP contribution in [0.2, 0.25) is 0 Å². The number of nitrogens with one attached hydrogen (secondary N) is 1. The Kier molecular flexibility index (Phi) is 14.2. The maximum absolute atomic E-state index is 12.8. The number of amides is 2. The van der Waals surface area contributed by atoms with Crippen molar-refractivity contribution in [1.29, 1.82) is 0 Å². The van der Waals surface area contributed by atoms with E-state index in [9.17, 15) is 24.3 Å². The molecule has 0 bridgehead atoms. The van der Waals surface area contributed by atoms with Crippen molar-refractivity contribution in [1.82, 2.24) is 5.32 Å². The highest BCUT2D eigenvalue weighted by atomic mass is 16.5. The zero-order valence-electron chi connectivity index (χ0n) is 22.2. The number of carboxylic acid groups (broad SMARTS) is 1. The summed E-state index contributed by atoms with van der Waals surface area (Å²) in [4.78, 5) is 46.3. The summed E-state index contributed by atoms with van der Waals surface area (Å²) in [5, 5.41) is 21.7. The molecule has 36 heavy (non-hydrogen) atoms. The number of ether oxygens (including phenoxy) is 1. The number of carbonyl (C=O) groups is 4. The minimum atomic E-state index is -0.974. The molecule has 1 saturated heterocycles. The highest BCUT2D eigenvalue weighted by Gasteiger charge is 2.27. The average molecular weight is 506 g/mol. The summed E-state index contributed by atoms with van der Waals surface area (Å²) in [5.74, 6) is -1.65. The van der Waals surface area contributed by atoms with Crippen molar-refractivity contribution in [2.75, 3.05) is 7.11 Å². The monoisotopic (exact) mass is 505 g/mol. The minimum Gasteiger partial charge on any atom is -0.478 e. The third-order valence-electron chi connectivity index (χ3n) is 7.00. The van der Waals surface area contributed by atoms with E-state index in [0.29, 0.717) is 44.9 Å². The Bertz CT molecular complexity index is 829. The van der Waals surface area contributed by atoms with E-state index in [1.165, 1.54) is 7.11 Å². The number of Topliss-reactive ketones (excluding diaryl/α,β-unsaturated/α-hetero) is 1. The molecule has 2 amide bonds. The lowest BCUT2D eigenvalue weighted by Crippen LogP contribution is -2.38. The second kappa shape index (κ2) is 16.2. The molecule has 0 aromatic heterocycles. The maximum atomic E-state index is 12.8. The fraction of sp³-hybridized carbons (Fsp3) is 0.643. The normalized spacial score (nSPS) is 19.8. The second-order valence-electron chi connectivity index (χ2n) is 9.89. The van der Waals surface area contributed by atoms with Gasteiger partial charge in [-0.3, -0.25) is 19.7 Å². The van der Waals surface area contributed by atoms with Gasteiger partial charge in [0.25, 0.3) is 0 Å². The summed E-state index contributed by atoms with van der Waals surface area (Å²) in [7, 11) is 1.53. The van der Waals surface area contributed by atoms with Crippen molar-refractivity contribution in [3.63, 3.8) is 0 Å². The van der Waals surface area contributed by atoms with Gasteiger partial charge in [-0.1, -0.05) is 50.6 Å². The number of imide groups is 1. The van der Waals surface area contributed by atoms with Crippen LogP contribution in [0.25, 0.3) is 0 Å². The molecular formula is C28H43NO7. The van der Waals surface area contributed by atoms with Crippen LogP contribution in [0.15, 0.2) is 36.0 Å². The van der Waals surface area contributed by atoms with Crippen LogP contribution in [-0.4, -0.2) is 53.1 Å². The fourth-order valence-corrected chi connectivity index (χ4v) is 4.43. The van der Waals surface area contributed by atoms with Gasteiger partial charge >= 0.3 is 5.97 Å². The van der Waals surface area contributed by atoms with Crippen molar-refractivity contribution in [2.24, 2.45) is 23.7 Å². The first kappa shape index (κ1) is 31.4. The highest BCUT2D eigenvalue weighted by molar-refractivity contribution is 5.97. The van der Waals surface area contributed by atoms with Crippen LogP contribution < -0.4 is 5.32 Å². The molecule has 3 N–H and O–H groups in total. The smallest absolute Gasteiger partial charge is 0.327 e.